The molecule has 1 aromatic carbocycles. The predicted octanol–water partition coefficient (Wildman–Crippen LogP) is 2.42. The van der Waals surface area contributed by atoms with Crippen molar-refractivity contribution in [1.82, 2.24) is 5.48 Å². The largest absolute Gasteiger partial charge is 0.423 e. The van der Waals surface area contributed by atoms with Crippen LogP contribution in [0.3, 0.4) is 0 Å². The molecule has 1 atom stereocenters. The van der Waals surface area contributed by atoms with E-state index < -0.39 is 6.49 Å². The van der Waals surface area contributed by atoms with Gasteiger partial charge in [-0.1, -0.05) is 25.1 Å². The van der Waals surface area contributed by atoms with Crippen LogP contribution >= 0.6 is 6.49 Å². The number of rotatable bonds is 7. The van der Waals surface area contributed by atoms with Gasteiger partial charge in [-0.25, -0.2) is 5.48 Å². The van der Waals surface area contributed by atoms with Gasteiger partial charge in [-0.2, -0.15) is 0 Å². The third-order valence-electron chi connectivity index (χ3n) is 2.01. The van der Waals surface area contributed by atoms with Gasteiger partial charge in [-0.05, 0) is 43.4 Å². The van der Waals surface area contributed by atoms with E-state index in [0.29, 0.717) is 17.8 Å². The third kappa shape index (κ3) is 4.78. The van der Waals surface area contributed by atoms with Crippen LogP contribution in [-0.4, -0.2) is 11.5 Å². The highest BCUT2D eigenvalue weighted by Gasteiger charge is 2.19. The van der Waals surface area contributed by atoms with E-state index in [0.717, 1.165) is 6.42 Å². The van der Waals surface area contributed by atoms with Crippen molar-refractivity contribution in [3.8, 4) is 0 Å². The first-order valence-electron chi connectivity index (χ1n) is 5.76. The summed E-state index contributed by atoms with van der Waals surface area (Å²) in [6.07, 6.45) is 2.52. The molecule has 100 valence electrons. The Morgan fingerprint density at radius 1 is 1.39 bits per heavy atom. The fourth-order valence-electron chi connectivity index (χ4n) is 1.23. The molecule has 0 aliphatic carbocycles. The van der Waals surface area contributed by atoms with Crippen LogP contribution in [-0.2, 0) is 21.2 Å². The molecule has 0 fully saturated rings. The van der Waals surface area contributed by atoms with Gasteiger partial charge in [0.25, 0.3) is 6.49 Å². The molecule has 4 nitrogen and oxygen atoms in total. The summed E-state index contributed by atoms with van der Waals surface area (Å²) in [5, 5.41) is 0.611. The maximum atomic E-state index is 10.2. The summed E-state index contributed by atoms with van der Waals surface area (Å²) in [4.78, 5) is 15.3. The van der Waals surface area contributed by atoms with Crippen molar-refractivity contribution < 1.29 is 14.3 Å². The fourth-order valence-corrected chi connectivity index (χ4v) is 2.87. The van der Waals surface area contributed by atoms with Crippen molar-refractivity contribution in [1.29, 1.82) is 0 Å². The smallest absolute Gasteiger partial charge is 0.267 e. The standard InChI is InChI=1S/C12H18NO3PS/c1-3-8-12(13-15-4-2)16-17(14,18)11-9-6-5-7-10-11/h5-10,13H,3-4H2,1-2H3,(H,14,18). The minimum Gasteiger partial charge on any atom is -0.423 e. The highest BCUT2D eigenvalue weighted by molar-refractivity contribution is 8.13. The third-order valence-corrected chi connectivity index (χ3v) is 4.26. The van der Waals surface area contributed by atoms with E-state index in [1.165, 1.54) is 0 Å². The maximum absolute atomic E-state index is 10.2. The zero-order chi connectivity index (χ0) is 13.4. The van der Waals surface area contributed by atoms with Crippen LogP contribution < -0.4 is 10.8 Å². The number of allylic oxidation sites excluding steroid dienone is 1. The quantitative estimate of drug-likeness (QED) is 0.458. The molecule has 1 aromatic rings. The molecule has 1 unspecified atom stereocenters. The van der Waals surface area contributed by atoms with Gasteiger partial charge in [-0.15, -0.1) is 0 Å². The van der Waals surface area contributed by atoms with Crippen molar-refractivity contribution in [2.45, 2.75) is 20.3 Å². The highest BCUT2D eigenvalue weighted by Crippen LogP contribution is 2.42. The summed E-state index contributed by atoms with van der Waals surface area (Å²) in [5.41, 5.74) is 2.64. The minimum absolute atomic E-state index is 0.356. The lowest BCUT2D eigenvalue weighted by Gasteiger charge is -2.19. The lowest BCUT2D eigenvalue weighted by atomic mass is 10.4. The van der Waals surface area contributed by atoms with E-state index in [2.05, 4.69) is 5.48 Å². The second kappa shape index (κ2) is 7.54. The van der Waals surface area contributed by atoms with Crippen molar-refractivity contribution >= 4 is 23.6 Å². The summed E-state index contributed by atoms with van der Waals surface area (Å²) in [6, 6.07) is 9.00. The molecule has 18 heavy (non-hydrogen) atoms. The van der Waals surface area contributed by atoms with Gasteiger partial charge in [0.05, 0.1) is 6.61 Å². The van der Waals surface area contributed by atoms with Gasteiger partial charge >= 0.3 is 0 Å². The molecule has 0 aromatic heterocycles. The molecule has 0 aliphatic heterocycles. The minimum atomic E-state index is -3.05. The van der Waals surface area contributed by atoms with Gasteiger partial charge in [0.1, 0.15) is 0 Å². The van der Waals surface area contributed by atoms with Gasteiger partial charge in [0, 0.05) is 5.30 Å². The molecule has 0 aliphatic rings. The Hall–Kier alpha value is -0.870. The van der Waals surface area contributed by atoms with Crippen LogP contribution in [0.4, 0.5) is 0 Å². The lowest BCUT2D eigenvalue weighted by molar-refractivity contribution is 0.0467. The van der Waals surface area contributed by atoms with E-state index in [4.69, 9.17) is 21.2 Å². The molecule has 2 N–H and O–H groups in total. The molecule has 0 heterocycles. The number of hydrogen-bond donors (Lipinski definition) is 2. The van der Waals surface area contributed by atoms with Crippen LogP contribution in [0.25, 0.3) is 0 Å². The van der Waals surface area contributed by atoms with Crippen molar-refractivity contribution in [3.63, 3.8) is 0 Å². The monoisotopic (exact) mass is 287 g/mol. The first-order chi connectivity index (χ1) is 8.60. The molecular weight excluding hydrogens is 269 g/mol. The second-order valence-corrected chi connectivity index (χ2v) is 6.68. The lowest BCUT2D eigenvalue weighted by Crippen LogP contribution is -2.18. The zero-order valence-electron chi connectivity index (χ0n) is 10.5. The van der Waals surface area contributed by atoms with Crippen LogP contribution in [0.2, 0.25) is 0 Å². The summed E-state index contributed by atoms with van der Waals surface area (Å²) < 4.78 is 5.47. The molecule has 0 amide bonds. The molecule has 0 radical (unpaired) electrons. The molecule has 0 saturated heterocycles. The Bertz CT molecular complexity index is 436. The van der Waals surface area contributed by atoms with E-state index in [9.17, 15) is 4.89 Å². The first kappa shape index (κ1) is 15.2. The average molecular weight is 287 g/mol. The number of nitrogens with one attached hydrogen (secondary N) is 1. The van der Waals surface area contributed by atoms with Crippen LogP contribution in [0.1, 0.15) is 20.3 Å². The first-order valence-corrected chi connectivity index (χ1v) is 8.43. The Morgan fingerprint density at radius 2 is 2.06 bits per heavy atom. The van der Waals surface area contributed by atoms with E-state index in [1.807, 2.05) is 32.0 Å². The van der Waals surface area contributed by atoms with Crippen molar-refractivity contribution in [3.05, 3.63) is 42.3 Å². The van der Waals surface area contributed by atoms with Crippen LogP contribution in [0.15, 0.2) is 42.3 Å². The van der Waals surface area contributed by atoms with E-state index in [1.54, 1.807) is 18.2 Å². The van der Waals surface area contributed by atoms with Crippen LogP contribution in [0, 0.1) is 0 Å². The van der Waals surface area contributed by atoms with Gasteiger partial charge in [0.15, 0.2) is 0 Å². The van der Waals surface area contributed by atoms with E-state index >= 15 is 0 Å². The Labute approximate surface area is 113 Å². The van der Waals surface area contributed by atoms with Crippen molar-refractivity contribution in [2.24, 2.45) is 0 Å². The summed E-state index contributed by atoms with van der Waals surface area (Å²) in [5.74, 6) is 0.356. The van der Waals surface area contributed by atoms with Gasteiger partial charge in [0.2, 0.25) is 5.88 Å². The Balaban J connectivity index is 2.80. The highest BCUT2D eigenvalue weighted by atomic mass is 32.5. The fraction of sp³-hybridized carbons (Fsp3) is 0.333. The number of hydroxylamine groups is 1. The Morgan fingerprint density at radius 3 is 2.61 bits per heavy atom. The molecular formula is C12H18NO3PS. The normalized spacial score (nSPS) is 14.9. The maximum Gasteiger partial charge on any atom is 0.267 e. The number of benzene rings is 1. The molecule has 1 rings (SSSR count). The molecule has 6 heteroatoms. The zero-order valence-corrected chi connectivity index (χ0v) is 12.2. The predicted molar refractivity (Wildman–Crippen MR) is 76.8 cm³/mol. The summed E-state index contributed by atoms with van der Waals surface area (Å²) in [6.45, 7) is 1.25. The number of hydrogen-bond acceptors (Lipinski definition) is 4. The molecule has 0 saturated carbocycles. The second-order valence-electron chi connectivity index (χ2n) is 3.46. The summed E-state index contributed by atoms with van der Waals surface area (Å²) >= 11 is 5.16. The van der Waals surface area contributed by atoms with Crippen molar-refractivity contribution in [2.75, 3.05) is 6.61 Å². The van der Waals surface area contributed by atoms with Gasteiger partial charge < -0.3 is 9.42 Å². The van der Waals surface area contributed by atoms with Crippen LogP contribution in [0.5, 0.6) is 0 Å². The molecule has 0 spiro atoms. The van der Waals surface area contributed by atoms with E-state index in [-0.39, 0.29) is 0 Å². The summed E-state index contributed by atoms with van der Waals surface area (Å²) in [7, 11) is 0. The Kier molecular flexibility index (Phi) is 6.36. The molecule has 0 bridgehead atoms. The average Bonchev–Trinajstić information content (AvgIpc) is 2.37. The topological polar surface area (TPSA) is 50.7 Å². The van der Waals surface area contributed by atoms with Gasteiger partial charge in [-0.3, -0.25) is 4.84 Å². The SMILES string of the molecule is CCC=C(NOCC)OP(O)(=S)c1ccccc1.